The third-order valence-electron chi connectivity index (χ3n) is 4.96. The minimum atomic E-state index is -3.98. The van der Waals surface area contributed by atoms with Crippen molar-refractivity contribution in [3.05, 3.63) is 84.7 Å². The lowest BCUT2D eigenvalue weighted by atomic mass is 10.2. The van der Waals surface area contributed by atoms with Crippen molar-refractivity contribution in [3.8, 4) is 11.5 Å². The van der Waals surface area contributed by atoms with E-state index in [4.69, 9.17) is 9.47 Å². The van der Waals surface area contributed by atoms with Crippen LogP contribution in [0.5, 0.6) is 11.5 Å². The number of sulfonamides is 1. The number of carbonyl (C=O) groups is 1. The summed E-state index contributed by atoms with van der Waals surface area (Å²) >= 11 is 0. The number of anilines is 2. The van der Waals surface area contributed by atoms with E-state index >= 15 is 0 Å². The number of nitrogens with zero attached hydrogens (tertiary/aromatic N) is 2. The van der Waals surface area contributed by atoms with E-state index in [-0.39, 0.29) is 16.3 Å². The van der Waals surface area contributed by atoms with E-state index in [0.717, 1.165) is 5.52 Å². The topological polar surface area (TPSA) is 120 Å². The summed E-state index contributed by atoms with van der Waals surface area (Å²) in [6, 6.07) is 18.2. The van der Waals surface area contributed by atoms with Gasteiger partial charge in [-0.2, -0.15) is 0 Å². The van der Waals surface area contributed by atoms with Crippen molar-refractivity contribution >= 4 is 44.4 Å². The Balaban J connectivity index is 1.55. The fourth-order valence-corrected chi connectivity index (χ4v) is 4.37. The highest BCUT2D eigenvalue weighted by atomic mass is 32.2. The summed E-state index contributed by atoms with van der Waals surface area (Å²) in [6.07, 6.45) is 4.36. The maximum Gasteiger partial charge on any atom is 0.262 e. The standard InChI is InChI=1S/C25H22N4O5S/c1-33-23-10-6-5-9-21(23)29-35(31,32)18-12-13-24(34-2)22(15-18)28-25(30)14-11-17-16-26-19-7-3-4-8-20(19)27-17/h3-16,29H,1-2H3,(H,28,30)/b14-11+. The molecular weight excluding hydrogens is 468 g/mol. The molecule has 0 atom stereocenters. The summed E-state index contributed by atoms with van der Waals surface area (Å²) in [5, 5.41) is 2.65. The molecule has 2 N–H and O–H groups in total. The van der Waals surface area contributed by atoms with Gasteiger partial charge in [0.05, 0.1) is 53.4 Å². The molecule has 0 bridgehead atoms. The molecule has 0 aliphatic rings. The normalized spacial score (nSPS) is 11.4. The van der Waals surface area contributed by atoms with Gasteiger partial charge in [0.1, 0.15) is 11.5 Å². The Kier molecular flexibility index (Phi) is 6.93. The van der Waals surface area contributed by atoms with Crippen LogP contribution in [0.3, 0.4) is 0 Å². The van der Waals surface area contributed by atoms with Crippen LogP contribution in [0.25, 0.3) is 17.1 Å². The molecule has 178 valence electrons. The van der Waals surface area contributed by atoms with Gasteiger partial charge in [0.2, 0.25) is 5.91 Å². The molecule has 10 heteroatoms. The first-order valence-electron chi connectivity index (χ1n) is 10.4. The molecule has 1 heterocycles. The van der Waals surface area contributed by atoms with Crippen LogP contribution in [0.1, 0.15) is 5.69 Å². The van der Waals surface area contributed by atoms with Crippen molar-refractivity contribution in [3.63, 3.8) is 0 Å². The number of fused-ring (bicyclic) bond motifs is 1. The van der Waals surface area contributed by atoms with Gasteiger partial charge in [-0.15, -0.1) is 0 Å². The number of hydrogen-bond acceptors (Lipinski definition) is 7. The molecule has 0 radical (unpaired) electrons. The first kappa shape index (κ1) is 23.7. The first-order valence-corrected chi connectivity index (χ1v) is 11.9. The van der Waals surface area contributed by atoms with Gasteiger partial charge in [-0.25, -0.2) is 13.4 Å². The molecule has 4 rings (SSSR count). The van der Waals surface area contributed by atoms with Crippen molar-refractivity contribution < 1.29 is 22.7 Å². The zero-order valence-electron chi connectivity index (χ0n) is 18.9. The molecule has 0 saturated heterocycles. The summed E-state index contributed by atoms with van der Waals surface area (Å²) < 4.78 is 38.9. The van der Waals surface area contributed by atoms with Crippen molar-refractivity contribution in [2.24, 2.45) is 0 Å². The van der Waals surface area contributed by atoms with E-state index in [1.165, 1.54) is 44.6 Å². The van der Waals surface area contributed by atoms with Gasteiger partial charge in [-0.05, 0) is 48.5 Å². The summed E-state index contributed by atoms with van der Waals surface area (Å²) in [7, 11) is -1.11. The van der Waals surface area contributed by atoms with Crippen LogP contribution in [0.4, 0.5) is 11.4 Å². The summed E-state index contributed by atoms with van der Waals surface area (Å²) in [4.78, 5) is 21.2. The predicted molar refractivity (Wildman–Crippen MR) is 134 cm³/mol. The zero-order chi connectivity index (χ0) is 24.8. The van der Waals surface area contributed by atoms with Gasteiger partial charge in [-0.3, -0.25) is 14.5 Å². The van der Waals surface area contributed by atoms with Crippen LogP contribution in [-0.2, 0) is 14.8 Å². The fraction of sp³-hybridized carbons (Fsp3) is 0.0800. The molecule has 0 fully saturated rings. The minimum absolute atomic E-state index is 0.0659. The molecule has 0 aliphatic heterocycles. The van der Waals surface area contributed by atoms with Crippen LogP contribution >= 0.6 is 0 Å². The number of amides is 1. The molecular formula is C25H22N4O5S. The van der Waals surface area contributed by atoms with Crippen molar-refractivity contribution in [2.45, 2.75) is 4.90 Å². The molecule has 0 saturated carbocycles. The van der Waals surface area contributed by atoms with Gasteiger partial charge in [0, 0.05) is 6.08 Å². The number of para-hydroxylation sites is 4. The number of benzene rings is 3. The second-order valence-electron chi connectivity index (χ2n) is 7.27. The third-order valence-corrected chi connectivity index (χ3v) is 6.33. The summed E-state index contributed by atoms with van der Waals surface area (Å²) in [5.74, 6) is 0.180. The fourth-order valence-electron chi connectivity index (χ4n) is 3.27. The van der Waals surface area contributed by atoms with Crippen LogP contribution in [0.15, 0.2) is 83.9 Å². The highest BCUT2D eigenvalue weighted by Crippen LogP contribution is 2.30. The number of nitrogens with one attached hydrogen (secondary N) is 2. The van der Waals surface area contributed by atoms with Crippen LogP contribution in [0.2, 0.25) is 0 Å². The average Bonchev–Trinajstić information content (AvgIpc) is 2.87. The number of aromatic nitrogens is 2. The number of ether oxygens (including phenoxy) is 2. The van der Waals surface area contributed by atoms with Crippen molar-refractivity contribution in [1.82, 2.24) is 9.97 Å². The van der Waals surface area contributed by atoms with Crippen molar-refractivity contribution in [1.29, 1.82) is 0 Å². The van der Waals surface area contributed by atoms with Gasteiger partial charge in [0.15, 0.2) is 0 Å². The van der Waals surface area contributed by atoms with E-state index in [1.54, 1.807) is 30.5 Å². The van der Waals surface area contributed by atoms with Gasteiger partial charge < -0.3 is 14.8 Å². The Bertz CT molecular complexity index is 1520. The second-order valence-corrected chi connectivity index (χ2v) is 8.96. The van der Waals surface area contributed by atoms with Crippen LogP contribution in [0, 0.1) is 0 Å². The molecule has 1 amide bonds. The quantitative estimate of drug-likeness (QED) is 0.357. The molecule has 0 unspecified atom stereocenters. The number of methoxy groups -OCH3 is 2. The van der Waals surface area contributed by atoms with Crippen LogP contribution < -0.4 is 19.5 Å². The predicted octanol–water partition coefficient (Wildman–Crippen LogP) is 4.10. The molecule has 0 spiro atoms. The molecule has 1 aromatic heterocycles. The molecule has 35 heavy (non-hydrogen) atoms. The summed E-state index contributed by atoms with van der Waals surface area (Å²) in [6.45, 7) is 0. The number of rotatable bonds is 8. The Labute approximate surface area is 202 Å². The Morgan fingerprint density at radius 1 is 0.886 bits per heavy atom. The lowest BCUT2D eigenvalue weighted by Gasteiger charge is -2.14. The molecule has 0 aliphatic carbocycles. The Hall–Kier alpha value is -4.44. The number of hydrogen-bond donors (Lipinski definition) is 2. The lowest BCUT2D eigenvalue weighted by molar-refractivity contribution is -0.111. The first-order chi connectivity index (χ1) is 16.9. The van der Waals surface area contributed by atoms with Gasteiger partial charge in [-0.1, -0.05) is 24.3 Å². The van der Waals surface area contributed by atoms with E-state index in [9.17, 15) is 13.2 Å². The monoisotopic (exact) mass is 490 g/mol. The Morgan fingerprint density at radius 3 is 2.34 bits per heavy atom. The van der Waals surface area contributed by atoms with Gasteiger partial charge in [0.25, 0.3) is 10.0 Å². The lowest BCUT2D eigenvalue weighted by Crippen LogP contribution is -2.15. The van der Waals surface area contributed by atoms with E-state index in [1.807, 2.05) is 24.3 Å². The number of carbonyl (C=O) groups excluding carboxylic acids is 1. The van der Waals surface area contributed by atoms with E-state index in [2.05, 4.69) is 20.0 Å². The zero-order valence-corrected chi connectivity index (χ0v) is 19.7. The largest absolute Gasteiger partial charge is 0.495 e. The van der Waals surface area contributed by atoms with E-state index < -0.39 is 15.9 Å². The SMILES string of the molecule is COc1ccc(S(=O)(=O)Nc2ccccc2OC)cc1NC(=O)/C=C/c1cnc2ccccc2n1. The Morgan fingerprint density at radius 2 is 1.57 bits per heavy atom. The van der Waals surface area contributed by atoms with Crippen LogP contribution in [-0.4, -0.2) is 38.5 Å². The maximum absolute atomic E-state index is 13.0. The summed E-state index contributed by atoms with van der Waals surface area (Å²) in [5.41, 5.74) is 2.43. The molecule has 3 aromatic carbocycles. The maximum atomic E-state index is 13.0. The third kappa shape index (κ3) is 5.56. The van der Waals surface area contributed by atoms with Gasteiger partial charge >= 0.3 is 0 Å². The van der Waals surface area contributed by atoms with Crippen molar-refractivity contribution in [2.75, 3.05) is 24.3 Å². The highest BCUT2D eigenvalue weighted by molar-refractivity contribution is 7.92. The minimum Gasteiger partial charge on any atom is -0.495 e. The highest BCUT2D eigenvalue weighted by Gasteiger charge is 2.19. The second kappa shape index (κ2) is 10.2. The average molecular weight is 491 g/mol. The van der Waals surface area contributed by atoms with E-state index in [0.29, 0.717) is 22.7 Å². The molecule has 4 aromatic rings. The molecule has 9 nitrogen and oxygen atoms in total. The smallest absolute Gasteiger partial charge is 0.262 e.